The number of ketones is 1. The topological polar surface area (TPSA) is 119 Å². The second-order valence-electron chi connectivity index (χ2n) is 17.2. The number of fused-ring (bicyclic) bond motifs is 6. The Labute approximate surface area is 362 Å². The van der Waals surface area contributed by atoms with E-state index in [9.17, 15) is 22.6 Å². The van der Waals surface area contributed by atoms with Crippen molar-refractivity contribution < 1.29 is 31.9 Å². The molecule has 4 aromatic rings. The zero-order valence-corrected chi connectivity index (χ0v) is 37.2. The fourth-order valence-electron chi connectivity index (χ4n) is 8.99. The smallest absolute Gasteiger partial charge is 0.220 e. The minimum atomic E-state index is -4.26. The molecule has 0 aliphatic carbocycles. The fourth-order valence-corrected chi connectivity index (χ4v) is 9.55. The highest BCUT2D eigenvalue weighted by Gasteiger charge is 2.45. The van der Waals surface area contributed by atoms with Gasteiger partial charge in [-0.1, -0.05) is 98.8 Å². The number of rotatable bonds is 21. The van der Waals surface area contributed by atoms with E-state index in [0.717, 1.165) is 37.2 Å². The molecule has 1 N–H and O–H groups in total. The first-order valence-corrected chi connectivity index (χ1v) is 23.2. The standard InChI is InChI=1S/C51H61N3O6S/c1-38(55)31-35-60-36-32-52-47(56)26-12-9-17-33-53-43-29-27-39-20-13-15-22-41(39)48(43)50(2,3)45(53)24-10-7-6-8-11-25-46-51(4,5)49-42-23-16-14-21-40(42)28-30-44(49)54(46)34-18-19-37-61(57,58)59/h6-8,10-11,13-16,20-25,27-30H,9,12,17-19,26,31-37H2,1-5H3,(H-,52,56,57,58,59). The van der Waals surface area contributed by atoms with Gasteiger partial charge in [0.1, 0.15) is 12.3 Å². The molecule has 9 nitrogen and oxygen atoms in total. The van der Waals surface area contributed by atoms with Crippen LogP contribution in [0.5, 0.6) is 0 Å². The van der Waals surface area contributed by atoms with Crippen LogP contribution in [0.3, 0.4) is 0 Å². The molecule has 0 saturated carbocycles. The van der Waals surface area contributed by atoms with Crippen molar-refractivity contribution >= 4 is 60.4 Å². The first kappa shape index (κ1) is 45.4. The normalized spacial score (nSPS) is 16.6. The van der Waals surface area contributed by atoms with Gasteiger partial charge in [-0.2, -0.15) is 4.58 Å². The maximum atomic E-state index is 12.4. The third kappa shape index (κ3) is 11.0. The van der Waals surface area contributed by atoms with Gasteiger partial charge in [0.2, 0.25) is 11.6 Å². The number of benzene rings is 4. The van der Waals surface area contributed by atoms with Crippen molar-refractivity contribution in [3.63, 3.8) is 0 Å². The van der Waals surface area contributed by atoms with Crippen LogP contribution in [0.1, 0.15) is 90.7 Å². The van der Waals surface area contributed by atoms with Gasteiger partial charge in [0.05, 0.1) is 28.7 Å². The molecule has 0 aromatic heterocycles. The van der Waals surface area contributed by atoms with E-state index in [4.69, 9.17) is 4.74 Å². The molecule has 0 saturated heterocycles. The van der Waals surface area contributed by atoms with Crippen LogP contribution >= 0.6 is 0 Å². The number of anilines is 1. The Morgan fingerprint density at radius 2 is 1.43 bits per heavy atom. The third-order valence-electron chi connectivity index (χ3n) is 11.9. The molecule has 0 atom stereocenters. The second-order valence-corrected chi connectivity index (χ2v) is 18.7. The molecule has 0 radical (unpaired) electrons. The molecular formula is C51H61N3O6S. The van der Waals surface area contributed by atoms with Crippen molar-refractivity contribution in [2.24, 2.45) is 0 Å². The summed E-state index contributed by atoms with van der Waals surface area (Å²) in [5, 5.41) is 7.79. The molecular weight excluding hydrogens is 783 g/mol. The maximum absolute atomic E-state index is 12.4. The predicted octanol–water partition coefficient (Wildman–Crippen LogP) is 9.72. The Kier molecular flexibility index (Phi) is 15.0. The van der Waals surface area contributed by atoms with Gasteiger partial charge in [-0.05, 0) is 91.8 Å². The molecule has 0 spiro atoms. The van der Waals surface area contributed by atoms with Crippen molar-refractivity contribution in [3.05, 3.63) is 132 Å². The Morgan fingerprint density at radius 3 is 2.15 bits per heavy atom. The minimum absolute atomic E-state index is 0.0243. The number of unbranched alkanes of at least 4 members (excludes halogenated alkanes) is 3. The summed E-state index contributed by atoms with van der Waals surface area (Å²) in [4.78, 5) is 25.8. The summed E-state index contributed by atoms with van der Waals surface area (Å²) in [5.41, 5.74) is 6.75. The lowest BCUT2D eigenvalue weighted by molar-refractivity contribution is -0.438. The summed E-state index contributed by atoms with van der Waals surface area (Å²) in [6.45, 7) is 13.3. The van der Waals surface area contributed by atoms with E-state index in [2.05, 4.69) is 146 Å². The highest BCUT2D eigenvalue weighted by molar-refractivity contribution is 7.85. The molecule has 0 fully saturated rings. The van der Waals surface area contributed by atoms with Crippen molar-refractivity contribution in [1.29, 1.82) is 0 Å². The number of ether oxygens (including phenoxy) is 1. The van der Waals surface area contributed by atoms with Crippen molar-refractivity contribution in [2.45, 2.75) is 90.4 Å². The summed E-state index contributed by atoms with van der Waals surface area (Å²) in [7, 11) is -4.26. The molecule has 0 bridgehead atoms. The average Bonchev–Trinajstić information content (AvgIpc) is 3.57. The quantitative estimate of drug-likeness (QED) is 0.0384. The molecule has 2 aliphatic heterocycles. The maximum Gasteiger partial charge on any atom is 0.220 e. The van der Waals surface area contributed by atoms with Gasteiger partial charge in [-0.15, -0.1) is 0 Å². The van der Waals surface area contributed by atoms with Crippen LogP contribution in [0.25, 0.3) is 21.5 Å². The van der Waals surface area contributed by atoms with Crippen LogP contribution in [0, 0.1) is 0 Å². The lowest BCUT2D eigenvalue weighted by atomic mass is 9.79. The van der Waals surface area contributed by atoms with E-state index in [0.29, 0.717) is 52.0 Å². The summed E-state index contributed by atoms with van der Waals surface area (Å²) in [6, 6.07) is 25.8. The van der Waals surface area contributed by atoms with Gasteiger partial charge in [0, 0.05) is 72.6 Å². The molecule has 4 aromatic carbocycles. The van der Waals surface area contributed by atoms with E-state index in [1.165, 1.54) is 44.1 Å². The highest BCUT2D eigenvalue weighted by atomic mass is 32.2. The third-order valence-corrected chi connectivity index (χ3v) is 12.7. The van der Waals surface area contributed by atoms with Gasteiger partial charge in [-0.3, -0.25) is 9.59 Å². The predicted molar refractivity (Wildman–Crippen MR) is 248 cm³/mol. The van der Waals surface area contributed by atoms with E-state index in [1.807, 2.05) is 12.2 Å². The van der Waals surface area contributed by atoms with Gasteiger partial charge < -0.3 is 19.5 Å². The summed E-state index contributed by atoms with van der Waals surface area (Å²) >= 11 is 0. The largest absolute Gasteiger partial charge is 0.748 e. The van der Waals surface area contributed by atoms with Crippen molar-refractivity contribution in [1.82, 2.24) is 5.32 Å². The highest BCUT2D eigenvalue weighted by Crippen LogP contribution is 2.51. The van der Waals surface area contributed by atoms with Crippen LogP contribution < -0.4 is 10.2 Å². The van der Waals surface area contributed by atoms with E-state index in [1.54, 1.807) is 6.92 Å². The van der Waals surface area contributed by atoms with E-state index < -0.39 is 10.1 Å². The van der Waals surface area contributed by atoms with Crippen LogP contribution in [-0.4, -0.2) is 73.5 Å². The molecule has 0 unspecified atom stereocenters. The van der Waals surface area contributed by atoms with E-state index in [-0.39, 0.29) is 28.3 Å². The van der Waals surface area contributed by atoms with Crippen LogP contribution in [0.15, 0.2) is 121 Å². The van der Waals surface area contributed by atoms with Crippen LogP contribution in [-0.2, 0) is 35.3 Å². The summed E-state index contributed by atoms with van der Waals surface area (Å²) < 4.78 is 41.8. The molecule has 2 heterocycles. The van der Waals surface area contributed by atoms with Crippen LogP contribution in [0.4, 0.5) is 11.4 Å². The Hall–Kier alpha value is -5.16. The number of carbonyl (C=O) groups excluding carboxylic acids is 2. The number of carbonyl (C=O) groups is 2. The minimum Gasteiger partial charge on any atom is -0.748 e. The molecule has 2 aliphatic rings. The molecule has 1 amide bonds. The number of nitrogens with one attached hydrogen (secondary N) is 1. The number of nitrogens with zero attached hydrogens (tertiary/aromatic N) is 2. The van der Waals surface area contributed by atoms with Gasteiger partial charge in [-0.25, -0.2) is 8.42 Å². The molecule has 61 heavy (non-hydrogen) atoms. The zero-order valence-electron chi connectivity index (χ0n) is 36.4. The number of amides is 1. The van der Waals surface area contributed by atoms with Crippen molar-refractivity contribution in [2.75, 3.05) is 43.5 Å². The second kappa shape index (κ2) is 20.1. The summed E-state index contributed by atoms with van der Waals surface area (Å²) in [6.07, 6.45) is 19.2. The lowest BCUT2D eigenvalue weighted by Gasteiger charge is -2.27. The lowest BCUT2D eigenvalue weighted by Crippen LogP contribution is -2.28. The Bertz CT molecular complexity index is 2510. The number of hydrogen-bond donors (Lipinski definition) is 1. The average molecular weight is 844 g/mol. The SMILES string of the molecule is CC(=O)CCOCCNC(=O)CCCCC[N+]1=C(C=CC=CC=CC=C2N(CCCCS(=O)(=O)[O-])c3ccc4ccccc4c3C2(C)C)C(C)(C)c2c1ccc1ccccc21. The van der Waals surface area contributed by atoms with E-state index >= 15 is 0 Å². The Morgan fingerprint density at radius 1 is 0.754 bits per heavy atom. The monoisotopic (exact) mass is 843 g/mol. The van der Waals surface area contributed by atoms with Gasteiger partial charge in [0.25, 0.3) is 0 Å². The number of hydrogen-bond acceptors (Lipinski definition) is 7. The molecule has 322 valence electrons. The van der Waals surface area contributed by atoms with Crippen LogP contribution in [0.2, 0.25) is 0 Å². The Balaban J connectivity index is 1.15. The van der Waals surface area contributed by atoms with Gasteiger partial charge >= 0.3 is 0 Å². The molecule has 10 heteroatoms. The zero-order chi connectivity index (χ0) is 43.6. The summed E-state index contributed by atoms with van der Waals surface area (Å²) in [5.74, 6) is -0.234. The first-order valence-electron chi connectivity index (χ1n) is 21.7. The van der Waals surface area contributed by atoms with Gasteiger partial charge in [0.15, 0.2) is 5.71 Å². The molecule has 6 rings (SSSR count). The fraction of sp³-hybridized carbons (Fsp3) is 0.392. The number of allylic oxidation sites excluding steroid dienone is 8. The number of Topliss-reactive ketones (excluding diaryl/α,β-unsaturated/α-hetero) is 1. The van der Waals surface area contributed by atoms with Crippen molar-refractivity contribution in [3.8, 4) is 0 Å². The first-order chi connectivity index (χ1) is 29.2.